The minimum Gasteiger partial charge on any atom is -0.511 e. The first-order valence-electron chi connectivity index (χ1n) is 13.3. The van der Waals surface area contributed by atoms with Crippen LogP contribution in [0.15, 0.2) is 46.7 Å². The molecule has 9 heteroatoms. The summed E-state index contributed by atoms with van der Waals surface area (Å²) in [4.78, 5) is 17.8. The lowest BCUT2D eigenvalue weighted by Gasteiger charge is -2.44. The standard InChI is InChI=1S/C29H44NO7Si/c1-18(23-20(31)14-29(5,6)15-21(23)32)30-24-26(37-38(7)8)25(33)22(17-35-28(2,3)4)36-27(24)34-16-19-12-10-9-11-13-19/h9-13,22,24-27,31,33H,14-17H2,1-8H3/t22-,24-,25-,26-,27+/m1/s1. The number of aliphatic hydroxyl groups excluding tert-OH is 2. The summed E-state index contributed by atoms with van der Waals surface area (Å²) in [5.74, 6) is -0.111. The number of benzene rings is 1. The molecule has 1 fully saturated rings. The molecule has 0 spiro atoms. The van der Waals surface area contributed by atoms with Gasteiger partial charge in [0, 0.05) is 18.6 Å². The third-order valence-electron chi connectivity index (χ3n) is 6.51. The van der Waals surface area contributed by atoms with Gasteiger partial charge in [0.15, 0.2) is 12.1 Å². The molecule has 3 rings (SSSR count). The zero-order valence-electron chi connectivity index (χ0n) is 24.0. The zero-order valence-corrected chi connectivity index (χ0v) is 25.0. The van der Waals surface area contributed by atoms with E-state index in [1.807, 2.05) is 78.0 Å². The number of nitrogens with zero attached hydrogens (tertiary/aromatic N) is 1. The summed E-state index contributed by atoms with van der Waals surface area (Å²) in [7, 11) is -1.26. The van der Waals surface area contributed by atoms with Crippen molar-refractivity contribution in [2.45, 2.75) is 110 Å². The van der Waals surface area contributed by atoms with Gasteiger partial charge in [-0.25, -0.2) is 0 Å². The summed E-state index contributed by atoms with van der Waals surface area (Å²) in [5.41, 5.74) is 0.841. The monoisotopic (exact) mass is 546 g/mol. The molecule has 2 aliphatic rings. The van der Waals surface area contributed by atoms with E-state index >= 15 is 0 Å². The van der Waals surface area contributed by atoms with Crippen LogP contribution in [0.5, 0.6) is 0 Å². The predicted octanol–water partition coefficient (Wildman–Crippen LogP) is 4.77. The van der Waals surface area contributed by atoms with Crippen molar-refractivity contribution in [2.24, 2.45) is 10.4 Å². The van der Waals surface area contributed by atoms with Crippen molar-refractivity contribution < 1.29 is 33.6 Å². The molecule has 0 aromatic heterocycles. The Labute approximate surface area is 228 Å². The summed E-state index contributed by atoms with van der Waals surface area (Å²) in [6, 6.07) is 8.96. The first-order chi connectivity index (χ1) is 17.7. The minimum atomic E-state index is -1.26. The van der Waals surface area contributed by atoms with Crippen LogP contribution in [0.2, 0.25) is 13.1 Å². The Kier molecular flexibility index (Phi) is 10.1. The highest BCUT2D eigenvalue weighted by Crippen LogP contribution is 2.37. The fraction of sp³-hybridized carbons (Fsp3) is 0.655. The summed E-state index contributed by atoms with van der Waals surface area (Å²) >= 11 is 0. The number of carbonyl (C=O) groups is 1. The lowest BCUT2D eigenvalue weighted by atomic mass is 9.75. The SMILES string of the molecule is CC(=N[C@H]1[C@@H](OCc2ccccc2)O[C@H](COC(C)(C)C)[C@@H](O)[C@@H]1O[Si](C)C)C1=C(O)CC(C)(C)CC1=O. The van der Waals surface area contributed by atoms with Gasteiger partial charge in [-0.1, -0.05) is 44.2 Å². The van der Waals surface area contributed by atoms with Gasteiger partial charge < -0.3 is 28.8 Å². The van der Waals surface area contributed by atoms with Crippen molar-refractivity contribution in [3.8, 4) is 0 Å². The van der Waals surface area contributed by atoms with Gasteiger partial charge in [0.2, 0.25) is 9.04 Å². The molecule has 1 radical (unpaired) electrons. The van der Waals surface area contributed by atoms with Crippen LogP contribution >= 0.6 is 0 Å². The van der Waals surface area contributed by atoms with Gasteiger partial charge in [0.1, 0.15) is 30.1 Å². The maximum Gasteiger partial charge on any atom is 0.205 e. The predicted molar refractivity (Wildman–Crippen MR) is 149 cm³/mol. The molecule has 1 aliphatic heterocycles. The lowest BCUT2D eigenvalue weighted by Crippen LogP contribution is -2.61. The Morgan fingerprint density at radius 3 is 2.42 bits per heavy atom. The number of hydrogen-bond acceptors (Lipinski definition) is 8. The molecule has 0 amide bonds. The maximum absolute atomic E-state index is 13.0. The van der Waals surface area contributed by atoms with E-state index in [9.17, 15) is 15.0 Å². The highest BCUT2D eigenvalue weighted by molar-refractivity contribution is 6.48. The average molecular weight is 547 g/mol. The lowest BCUT2D eigenvalue weighted by molar-refractivity contribution is -0.272. The quantitative estimate of drug-likeness (QED) is 0.339. The zero-order chi connectivity index (χ0) is 28.3. The molecule has 0 saturated carbocycles. The normalized spacial score (nSPS) is 28.7. The van der Waals surface area contributed by atoms with E-state index in [4.69, 9.17) is 23.6 Å². The molecule has 5 atom stereocenters. The Balaban J connectivity index is 1.98. The second-order valence-electron chi connectivity index (χ2n) is 12.2. The minimum absolute atomic E-state index is 0.0381. The number of rotatable bonds is 9. The van der Waals surface area contributed by atoms with Crippen LogP contribution in [0.1, 0.15) is 59.9 Å². The molecule has 1 heterocycles. The Bertz CT molecular complexity index is 1020. The molecule has 0 unspecified atom stereocenters. The summed E-state index contributed by atoms with van der Waals surface area (Å²) < 4.78 is 24.8. The number of Topliss-reactive ketones (excluding diaryl/α,β-unsaturated/α-hetero) is 1. The topological polar surface area (TPSA) is 107 Å². The third kappa shape index (κ3) is 8.31. The van der Waals surface area contributed by atoms with Crippen LogP contribution in [0.3, 0.4) is 0 Å². The van der Waals surface area contributed by atoms with Gasteiger partial charge in [0.25, 0.3) is 0 Å². The third-order valence-corrected chi connectivity index (χ3v) is 7.25. The molecule has 1 aromatic carbocycles. The fourth-order valence-corrected chi connectivity index (χ4v) is 5.62. The fourth-order valence-electron chi connectivity index (χ4n) is 4.79. The molecule has 1 saturated heterocycles. The van der Waals surface area contributed by atoms with Crippen molar-refractivity contribution in [1.82, 2.24) is 0 Å². The number of aliphatic imine (C=N–C) groups is 1. The van der Waals surface area contributed by atoms with Gasteiger partial charge in [-0.05, 0) is 51.8 Å². The van der Waals surface area contributed by atoms with Gasteiger partial charge in [-0.15, -0.1) is 0 Å². The molecule has 2 N–H and O–H groups in total. The Morgan fingerprint density at radius 1 is 1.18 bits per heavy atom. The maximum atomic E-state index is 13.0. The number of ketones is 1. The number of allylic oxidation sites excluding steroid dienone is 2. The van der Waals surface area contributed by atoms with Crippen molar-refractivity contribution in [3.05, 3.63) is 47.2 Å². The summed E-state index contributed by atoms with van der Waals surface area (Å²) in [6.07, 6.45) is -2.62. The molecular formula is C29H44NO7Si. The molecular weight excluding hydrogens is 502 g/mol. The van der Waals surface area contributed by atoms with E-state index in [0.29, 0.717) is 18.6 Å². The van der Waals surface area contributed by atoms with Gasteiger partial charge in [0.05, 0.1) is 24.4 Å². The second-order valence-corrected chi connectivity index (χ2v) is 14.3. The summed E-state index contributed by atoms with van der Waals surface area (Å²) in [6.45, 7) is 15.8. The van der Waals surface area contributed by atoms with Crippen LogP contribution in [0.4, 0.5) is 0 Å². The first kappa shape index (κ1) is 30.7. The Morgan fingerprint density at radius 2 is 1.84 bits per heavy atom. The molecule has 1 aliphatic carbocycles. The number of aliphatic hydroxyl groups is 2. The molecule has 38 heavy (non-hydrogen) atoms. The van der Waals surface area contributed by atoms with Crippen molar-refractivity contribution >= 4 is 20.5 Å². The van der Waals surface area contributed by atoms with E-state index in [1.165, 1.54) is 0 Å². The smallest absolute Gasteiger partial charge is 0.205 e. The number of hydrogen-bond donors (Lipinski definition) is 2. The van der Waals surface area contributed by atoms with Crippen LogP contribution < -0.4 is 0 Å². The van der Waals surface area contributed by atoms with Crippen molar-refractivity contribution in [3.63, 3.8) is 0 Å². The van der Waals surface area contributed by atoms with Crippen LogP contribution in [-0.2, 0) is 30.0 Å². The molecule has 1 aromatic rings. The van der Waals surface area contributed by atoms with Gasteiger partial charge >= 0.3 is 0 Å². The van der Waals surface area contributed by atoms with Crippen molar-refractivity contribution in [1.29, 1.82) is 0 Å². The number of carbonyl (C=O) groups excluding carboxylic acids is 1. The number of ether oxygens (including phenoxy) is 3. The highest BCUT2D eigenvalue weighted by Gasteiger charge is 2.48. The molecule has 211 valence electrons. The van der Waals surface area contributed by atoms with E-state index in [2.05, 4.69) is 0 Å². The second kappa shape index (κ2) is 12.5. The average Bonchev–Trinajstić information content (AvgIpc) is 2.78. The van der Waals surface area contributed by atoms with Gasteiger partial charge in [-0.2, -0.15) is 0 Å². The van der Waals surface area contributed by atoms with Crippen molar-refractivity contribution in [2.75, 3.05) is 6.61 Å². The van der Waals surface area contributed by atoms with E-state index in [0.717, 1.165) is 5.56 Å². The highest BCUT2D eigenvalue weighted by atomic mass is 28.3. The molecule has 8 nitrogen and oxygen atoms in total. The van der Waals surface area contributed by atoms with E-state index in [-0.39, 0.29) is 35.7 Å². The van der Waals surface area contributed by atoms with Gasteiger partial charge in [-0.3, -0.25) is 9.79 Å². The van der Waals surface area contributed by atoms with E-state index < -0.39 is 45.3 Å². The van der Waals surface area contributed by atoms with Crippen LogP contribution in [0, 0.1) is 5.41 Å². The summed E-state index contributed by atoms with van der Waals surface area (Å²) in [5, 5.41) is 22.1. The molecule has 0 bridgehead atoms. The largest absolute Gasteiger partial charge is 0.511 e. The first-order valence-corrected chi connectivity index (χ1v) is 15.7. The van der Waals surface area contributed by atoms with E-state index in [1.54, 1.807) is 6.92 Å². The van der Waals surface area contributed by atoms with Crippen LogP contribution in [0.25, 0.3) is 0 Å². The Hall–Kier alpha value is -1.88. The van der Waals surface area contributed by atoms with Crippen LogP contribution in [-0.4, -0.2) is 73.6 Å².